The Bertz CT molecular complexity index is 374. The normalized spacial score (nSPS) is 19.3. The fourth-order valence-electron chi connectivity index (χ4n) is 1.59. The van der Waals surface area contributed by atoms with Crippen molar-refractivity contribution in [1.82, 2.24) is 4.90 Å². The first-order valence-corrected chi connectivity index (χ1v) is 6.10. The van der Waals surface area contributed by atoms with Crippen LogP contribution in [0.1, 0.15) is 20.8 Å². The van der Waals surface area contributed by atoms with Gasteiger partial charge >= 0.3 is 5.97 Å². The van der Waals surface area contributed by atoms with Crippen LogP contribution < -0.4 is 0 Å². The largest absolute Gasteiger partial charge is 0.442 e. The average Bonchev–Trinajstić information content (AvgIpc) is 2.29. The summed E-state index contributed by atoms with van der Waals surface area (Å²) in [6, 6.07) is 0. The standard InChI is InChI=1S/C14H21NO3/c1-12(2)14(4,18-13(3)16)6-5-7-15-8-10-17-11-9-15/h1,7-11H2,2-4H3. The second-order valence-electron chi connectivity index (χ2n) is 4.60. The lowest BCUT2D eigenvalue weighted by Crippen LogP contribution is -2.37. The van der Waals surface area contributed by atoms with Gasteiger partial charge in [0.1, 0.15) is 0 Å². The highest BCUT2D eigenvalue weighted by molar-refractivity contribution is 5.67. The van der Waals surface area contributed by atoms with E-state index in [1.165, 1.54) is 6.92 Å². The van der Waals surface area contributed by atoms with Crippen molar-refractivity contribution >= 4 is 5.97 Å². The smallest absolute Gasteiger partial charge is 0.304 e. The molecule has 0 aromatic carbocycles. The van der Waals surface area contributed by atoms with Gasteiger partial charge in [0, 0.05) is 20.0 Å². The molecule has 0 aromatic heterocycles. The molecule has 0 radical (unpaired) electrons. The van der Waals surface area contributed by atoms with Crippen LogP contribution in [0.25, 0.3) is 0 Å². The number of hydrogen-bond donors (Lipinski definition) is 0. The quantitative estimate of drug-likeness (QED) is 0.429. The molecule has 1 heterocycles. The van der Waals surface area contributed by atoms with E-state index < -0.39 is 5.60 Å². The summed E-state index contributed by atoms with van der Waals surface area (Å²) >= 11 is 0. The molecule has 4 heteroatoms. The van der Waals surface area contributed by atoms with Crippen LogP contribution in [0, 0.1) is 11.8 Å². The Balaban J connectivity index is 2.60. The van der Waals surface area contributed by atoms with Crippen molar-refractivity contribution in [2.75, 3.05) is 32.8 Å². The van der Waals surface area contributed by atoms with Crippen molar-refractivity contribution in [2.24, 2.45) is 0 Å². The highest BCUT2D eigenvalue weighted by atomic mass is 16.6. The first-order chi connectivity index (χ1) is 8.44. The summed E-state index contributed by atoms with van der Waals surface area (Å²) in [4.78, 5) is 13.3. The van der Waals surface area contributed by atoms with Gasteiger partial charge in [-0.2, -0.15) is 0 Å². The van der Waals surface area contributed by atoms with Crippen molar-refractivity contribution in [3.63, 3.8) is 0 Å². The number of rotatable bonds is 3. The van der Waals surface area contributed by atoms with E-state index in [2.05, 4.69) is 23.3 Å². The lowest BCUT2D eigenvalue weighted by atomic mass is 9.99. The summed E-state index contributed by atoms with van der Waals surface area (Å²) in [5.41, 5.74) is -0.162. The van der Waals surface area contributed by atoms with Gasteiger partial charge in [-0.1, -0.05) is 12.5 Å². The molecule has 18 heavy (non-hydrogen) atoms. The summed E-state index contributed by atoms with van der Waals surface area (Å²) in [5, 5.41) is 0. The number of hydrogen-bond acceptors (Lipinski definition) is 4. The molecule has 4 nitrogen and oxygen atoms in total. The number of nitrogens with zero attached hydrogens (tertiary/aromatic N) is 1. The number of carbonyl (C=O) groups is 1. The van der Waals surface area contributed by atoms with Crippen LogP contribution in [0.15, 0.2) is 12.2 Å². The van der Waals surface area contributed by atoms with Crippen LogP contribution in [-0.4, -0.2) is 49.3 Å². The number of carbonyl (C=O) groups excluding carboxylic acids is 1. The van der Waals surface area contributed by atoms with E-state index in [0.29, 0.717) is 6.54 Å². The Morgan fingerprint density at radius 1 is 1.44 bits per heavy atom. The molecular weight excluding hydrogens is 230 g/mol. The van der Waals surface area contributed by atoms with Gasteiger partial charge in [-0.15, -0.1) is 0 Å². The molecule has 0 bridgehead atoms. The van der Waals surface area contributed by atoms with Crippen molar-refractivity contribution in [3.8, 4) is 11.8 Å². The lowest BCUT2D eigenvalue weighted by Gasteiger charge is -2.25. The van der Waals surface area contributed by atoms with Crippen LogP contribution in [0.2, 0.25) is 0 Å². The van der Waals surface area contributed by atoms with Gasteiger partial charge < -0.3 is 9.47 Å². The van der Waals surface area contributed by atoms with Gasteiger partial charge in [0.05, 0.1) is 19.8 Å². The van der Waals surface area contributed by atoms with E-state index in [4.69, 9.17) is 9.47 Å². The number of morpholine rings is 1. The average molecular weight is 251 g/mol. The molecular formula is C14H21NO3. The van der Waals surface area contributed by atoms with E-state index in [1.807, 2.05) is 6.92 Å². The summed E-state index contributed by atoms with van der Waals surface area (Å²) in [6.07, 6.45) is 0. The fraction of sp³-hybridized carbons (Fsp3) is 0.643. The van der Waals surface area contributed by atoms with E-state index in [0.717, 1.165) is 31.9 Å². The van der Waals surface area contributed by atoms with Crippen LogP contribution in [-0.2, 0) is 14.3 Å². The number of esters is 1. The molecule has 1 rings (SSSR count). The first-order valence-electron chi connectivity index (χ1n) is 6.10. The van der Waals surface area contributed by atoms with Crippen LogP contribution >= 0.6 is 0 Å². The Morgan fingerprint density at radius 3 is 2.56 bits per heavy atom. The minimum Gasteiger partial charge on any atom is -0.442 e. The summed E-state index contributed by atoms with van der Waals surface area (Å²) < 4.78 is 10.5. The van der Waals surface area contributed by atoms with E-state index in [1.54, 1.807) is 6.92 Å². The molecule has 0 amide bonds. The number of ether oxygens (including phenoxy) is 2. The van der Waals surface area contributed by atoms with E-state index in [-0.39, 0.29) is 5.97 Å². The minimum absolute atomic E-state index is 0.346. The third kappa shape index (κ3) is 4.52. The van der Waals surface area contributed by atoms with Crippen LogP contribution in [0.4, 0.5) is 0 Å². The lowest BCUT2D eigenvalue weighted by molar-refractivity contribution is -0.147. The summed E-state index contributed by atoms with van der Waals surface area (Å²) in [7, 11) is 0. The van der Waals surface area contributed by atoms with Gasteiger partial charge in [-0.25, -0.2) is 0 Å². The molecule has 0 saturated carbocycles. The Morgan fingerprint density at radius 2 is 2.06 bits per heavy atom. The summed E-state index contributed by atoms with van der Waals surface area (Å²) in [6.45, 7) is 12.7. The maximum Gasteiger partial charge on any atom is 0.304 e. The van der Waals surface area contributed by atoms with Crippen molar-refractivity contribution < 1.29 is 14.3 Å². The second-order valence-corrected chi connectivity index (χ2v) is 4.60. The Labute approximate surface area is 109 Å². The van der Waals surface area contributed by atoms with Gasteiger partial charge in [-0.05, 0) is 25.3 Å². The third-order valence-corrected chi connectivity index (χ3v) is 2.90. The topological polar surface area (TPSA) is 38.8 Å². The molecule has 1 unspecified atom stereocenters. The molecule has 1 aliphatic heterocycles. The van der Waals surface area contributed by atoms with Crippen LogP contribution in [0.5, 0.6) is 0 Å². The highest BCUT2D eigenvalue weighted by Gasteiger charge is 2.26. The predicted molar refractivity (Wildman–Crippen MR) is 70.0 cm³/mol. The molecule has 0 aromatic rings. The monoisotopic (exact) mass is 251 g/mol. The Hall–Kier alpha value is -1.31. The van der Waals surface area contributed by atoms with Gasteiger partial charge in [0.15, 0.2) is 5.60 Å². The molecule has 1 fully saturated rings. The van der Waals surface area contributed by atoms with Gasteiger partial charge in [0.2, 0.25) is 0 Å². The SMILES string of the molecule is C=C(C)C(C)(C#CCN1CCOCC1)OC(C)=O. The molecule has 1 aliphatic rings. The maximum absolute atomic E-state index is 11.1. The summed E-state index contributed by atoms with van der Waals surface area (Å²) in [5.74, 6) is 5.72. The Kier molecular flexibility index (Phi) is 5.39. The molecule has 100 valence electrons. The van der Waals surface area contributed by atoms with Gasteiger partial charge in [0.25, 0.3) is 0 Å². The molecule has 0 aliphatic carbocycles. The van der Waals surface area contributed by atoms with E-state index >= 15 is 0 Å². The zero-order valence-electron chi connectivity index (χ0n) is 11.4. The minimum atomic E-state index is -0.891. The fourth-order valence-corrected chi connectivity index (χ4v) is 1.59. The highest BCUT2D eigenvalue weighted by Crippen LogP contribution is 2.18. The molecule has 1 atom stereocenters. The zero-order chi connectivity index (χ0) is 13.6. The second kappa shape index (κ2) is 6.58. The van der Waals surface area contributed by atoms with Crippen molar-refractivity contribution in [2.45, 2.75) is 26.4 Å². The van der Waals surface area contributed by atoms with Gasteiger partial charge in [-0.3, -0.25) is 9.69 Å². The molecule has 0 spiro atoms. The van der Waals surface area contributed by atoms with Crippen molar-refractivity contribution in [3.05, 3.63) is 12.2 Å². The predicted octanol–water partition coefficient (Wildman–Crippen LogP) is 1.22. The van der Waals surface area contributed by atoms with E-state index in [9.17, 15) is 4.79 Å². The molecule has 1 saturated heterocycles. The molecule has 0 N–H and O–H groups in total. The first kappa shape index (κ1) is 14.7. The maximum atomic E-state index is 11.1. The van der Waals surface area contributed by atoms with Crippen molar-refractivity contribution in [1.29, 1.82) is 0 Å². The third-order valence-electron chi connectivity index (χ3n) is 2.90. The van der Waals surface area contributed by atoms with Crippen LogP contribution in [0.3, 0.4) is 0 Å². The zero-order valence-corrected chi connectivity index (χ0v) is 11.4.